The Balaban J connectivity index is 0.000000648. The van der Waals surface area contributed by atoms with Crippen LogP contribution in [0.3, 0.4) is 0 Å². The molecule has 0 aliphatic heterocycles. The lowest BCUT2D eigenvalue weighted by Gasteiger charge is -2.07. The topological polar surface area (TPSA) is 68.3 Å². The molecular formula is C13H9Cl4FO4S2. The van der Waals surface area contributed by atoms with Gasteiger partial charge in [0, 0.05) is 0 Å². The van der Waals surface area contributed by atoms with Crippen molar-refractivity contribution in [2.24, 2.45) is 0 Å². The molecule has 11 heteroatoms. The molecule has 2 aromatic rings. The molecule has 0 spiro atoms. The second-order valence-corrected chi connectivity index (χ2v) is 11.8. The molecule has 4 nitrogen and oxygen atoms in total. The van der Waals surface area contributed by atoms with Crippen molar-refractivity contribution in [3.8, 4) is 0 Å². The van der Waals surface area contributed by atoms with Crippen molar-refractivity contribution in [3.05, 3.63) is 59.4 Å². The minimum Gasteiger partial charge on any atom is -0.207 e. The van der Waals surface area contributed by atoms with Crippen molar-refractivity contribution in [1.29, 1.82) is 0 Å². The number of rotatable bonds is 3. The summed E-state index contributed by atoms with van der Waals surface area (Å²) in [6.45, 7) is 0. The average Bonchev–Trinajstić information content (AvgIpc) is 2.47. The summed E-state index contributed by atoms with van der Waals surface area (Å²) in [5.74, 6) is -0.668. The van der Waals surface area contributed by atoms with Gasteiger partial charge in [0.25, 0.3) is 17.7 Å². The zero-order chi connectivity index (χ0) is 18.5. The highest BCUT2D eigenvalue weighted by Gasteiger charge is 2.35. The second kappa shape index (κ2) is 8.69. The Kier molecular flexibility index (Phi) is 7.77. The molecule has 2 aromatic carbocycles. The van der Waals surface area contributed by atoms with Gasteiger partial charge in [-0.3, -0.25) is 0 Å². The fraction of sp³-hybridized carbons (Fsp3) is 0.0769. The molecule has 0 amide bonds. The van der Waals surface area contributed by atoms with Crippen molar-refractivity contribution >= 4 is 64.1 Å². The van der Waals surface area contributed by atoms with Crippen molar-refractivity contribution in [3.63, 3.8) is 0 Å². The minimum absolute atomic E-state index is 0.196. The molecule has 0 aromatic heterocycles. The van der Waals surface area contributed by atoms with E-state index in [0.29, 0.717) is 0 Å². The van der Waals surface area contributed by atoms with E-state index in [0.717, 1.165) is 30.3 Å². The van der Waals surface area contributed by atoms with Crippen LogP contribution < -0.4 is 0 Å². The molecule has 0 saturated carbocycles. The first-order valence-corrected chi connectivity index (χ1v) is 11.1. The smallest absolute Gasteiger partial charge is 0.207 e. The van der Waals surface area contributed by atoms with Gasteiger partial charge in [0.15, 0.2) is 4.30 Å². The van der Waals surface area contributed by atoms with Crippen molar-refractivity contribution in [2.45, 2.75) is 14.1 Å². The van der Waals surface area contributed by atoms with Gasteiger partial charge < -0.3 is 0 Å². The molecule has 0 aliphatic rings. The van der Waals surface area contributed by atoms with Crippen LogP contribution in [0.2, 0.25) is 5.02 Å². The maximum atomic E-state index is 12.8. The highest BCUT2D eigenvalue weighted by molar-refractivity contribution is 8.67. The van der Waals surface area contributed by atoms with E-state index in [1.54, 1.807) is 0 Å². The van der Waals surface area contributed by atoms with Gasteiger partial charge in [0.05, 0.1) is 9.92 Å². The van der Waals surface area contributed by atoms with E-state index in [9.17, 15) is 21.2 Å². The van der Waals surface area contributed by atoms with Crippen LogP contribution in [0.4, 0.5) is 4.39 Å². The van der Waals surface area contributed by atoms with E-state index in [2.05, 4.69) is 0 Å². The lowest BCUT2D eigenvalue weighted by molar-refractivity contribution is 0.582. The van der Waals surface area contributed by atoms with Crippen LogP contribution in [0.5, 0.6) is 0 Å². The van der Waals surface area contributed by atoms with Crippen LogP contribution in [0.15, 0.2) is 58.3 Å². The van der Waals surface area contributed by atoms with E-state index in [1.165, 1.54) is 18.2 Å². The third-order valence-corrected chi connectivity index (χ3v) is 8.11. The normalized spacial score (nSPS) is 11.8. The van der Waals surface area contributed by atoms with Gasteiger partial charge in [-0.2, -0.15) is 0 Å². The zero-order valence-electron chi connectivity index (χ0n) is 11.5. The first kappa shape index (κ1) is 21.5. The van der Waals surface area contributed by atoms with Crippen LogP contribution in [-0.4, -0.2) is 21.1 Å². The average molecular weight is 454 g/mol. The summed E-state index contributed by atoms with van der Waals surface area (Å²) in [6.07, 6.45) is 0. The Morgan fingerprint density at radius 1 is 0.792 bits per heavy atom. The molecule has 132 valence electrons. The van der Waals surface area contributed by atoms with E-state index in [4.69, 9.17) is 46.4 Å². The first-order valence-electron chi connectivity index (χ1n) is 5.92. The molecule has 0 saturated heterocycles. The Morgan fingerprint density at radius 3 is 1.71 bits per heavy atom. The Labute approximate surface area is 158 Å². The molecule has 0 heterocycles. The molecule has 0 atom stereocenters. The summed E-state index contributed by atoms with van der Waals surface area (Å²) in [5.41, 5.74) is 0. The first-order chi connectivity index (χ1) is 11.0. The summed E-state index contributed by atoms with van der Waals surface area (Å²) < 4.78 is 60.7. The number of hydrogen-bond acceptors (Lipinski definition) is 4. The lowest BCUT2D eigenvalue weighted by atomic mass is 10.4. The van der Waals surface area contributed by atoms with E-state index < -0.39 is 37.6 Å². The highest BCUT2D eigenvalue weighted by atomic mass is 35.6. The zero-order valence-corrected chi connectivity index (χ0v) is 16.2. The number of hydrogen-bond donors (Lipinski definition) is 0. The number of alkyl halides is 3. The molecule has 0 aliphatic carbocycles. The molecule has 2 rings (SSSR count). The third-order valence-electron chi connectivity index (χ3n) is 2.50. The van der Waals surface area contributed by atoms with Gasteiger partial charge in [0.1, 0.15) is 10.7 Å². The Bertz CT molecular complexity index is 895. The van der Waals surface area contributed by atoms with E-state index in [-0.39, 0.29) is 5.02 Å². The summed E-state index contributed by atoms with van der Waals surface area (Å²) in [6, 6.07) is 8.72. The standard InChI is InChI=1S/C12H8ClFO4S2.CHCl3/c13-11-3-1-2-4-12(11)20(17,18)19(15,16)10-7-5-9(14)6-8-10;2-1(3)4/h1-8H;1H. The van der Waals surface area contributed by atoms with Crippen LogP contribution >= 0.6 is 46.4 Å². The summed E-state index contributed by atoms with van der Waals surface area (Å²) in [4.78, 5) is -1.02. The maximum absolute atomic E-state index is 12.8. The van der Waals surface area contributed by atoms with E-state index >= 15 is 0 Å². The van der Waals surface area contributed by atoms with Crippen molar-refractivity contribution in [2.75, 3.05) is 0 Å². The highest BCUT2D eigenvalue weighted by Crippen LogP contribution is 2.29. The molecule has 0 N–H and O–H groups in total. The van der Waals surface area contributed by atoms with Crippen molar-refractivity contribution in [1.82, 2.24) is 0 Å². The third kappa shape index (κ3) is 5.21. The van der Waals surface area contributed by atoms with Crippen LogP contribution in [0, 0.1) is 5.82 Å². The number of halogens is 5. The SMILES string of the molecule is ClC(Cl)Cl.O=S(=O)(c1ccc(F)cc1)S(=O)(=O)c1ccccc1Cl. The van der Waals surface area contributed by atoms with Crippen molar-refractivity contribution < 1.29 is 21.2 Å². The van der Waals surface area contributed by atoms with Crippen LogP contribution in [0.25, 0.3) is 0 Å². The fourth-order valence-electron chi connectivity index (χ4n) is 1.49. The summed E-state index contributed by atoms with van der Waals surface area (Å²) in [5, 5.41) is -0.196. The van der Waals surface area contributed by atoms with Gasteiger partial charge in [-0.1, -0.05) is 58.5 Å². The monoisotopic (exact) mass is 452 g/mol. The van der Waals surface area contributed by atoms with Gasteiger partial charge in [-0.15, -0.1) is 0 Å². The molecular weight excluding hydrogens is 445 g/mol. The predicted octanol–water partition coefficient (Wildman–Crippen LogP) is 4.63. The summed E-state index contributed by atoms with van der Waals surface area (Å²) in [7, 11) is -9.43. The minimum atomic E-state index is -4.72. The molecule has 0 bridgehead atoms. The quantitative estimate of drug-likeness (QED) is 0.501. The van der Waals surface area contributed by atoms with Gasteiger partial charge in [-0.25, -0.2) is 21.2 Å². The predicted molar refractivity (Wildman–Crippen MR) is 93.6 cm³/mol. The molecule has 0 radical (unpaired) electrons. The van der Waals surface area contributed by atoms with Gasteiger partial charge in [-0.05, 0) is 36.4 Å². The summed E-state index contributed by atoms with van der Waals surface area (Å²) >= 11 is 20.1. The molecule has 0 unspecified atom stereocenters. The molecule has 24 heavy (non-hydrogen) atoms. The largest absolute Gasteiger partial charge is 0.287 e. The Morgan fingerprint density at radius 2 is 1.25 bits per heavy atom. The number of benzene rings is 2. The van der Waals surface area contributed by atoms with E-state index in [1.807, 2.05) is 0 Å². The van der Waals surface area contributed by atoms with Gasteiger partial charge >= 0.3 is 0 Å². The Hall–Kier alpha value is -0.570. The van der Waals surface area contributed by atoms with Crippen LogP contribution in [0.1, 0.15) is 0 Å². The van der Waals surface area contributed by atoms with Crippen LogP contribution in [-0.2, 0) is 17.7 Å². The maximum Gasteiger partial charge on any atom is 0.287 e. The lowest BCUT2D eigenvalue weighted by Crippen LogP contribution is -2.16. The molecule has 0 fully saturated rings. The van der Waals surface area contributed by atoms with Gasteiger partial charge in [0.2, 0.25) is 0 Å². The second-order valence-electron chi connectivity index (χ2n) is 4.04. The fourth-order valence-corrected chi connectivity index (χ4v) is 5.82.